The van der Waals surface area contributed by atoms with E-state index in [1.807, 2.05) is 0 Å². The van der Waals surface area contributed by atoms with Gasteiger partial charge in [0.05, 0.1) is 11.8 Å². The van der Waals surface area contributed by atoms with Crippen molar-refractivity contribution in [1.29, 1.82) is 0 Å². The van der Waals surface area contributed by atoms with Crippen molar-refractivity contribution in [1.82, 2.24) is 0 Å². The van der Waals surface area contributed by atoms with E-state index in [0.29, 0.717) is 0 Å². The average molecular weight is 353 g/mol. The average Bonchev–Trinajstić information content (AvgIpc) is 3.03. The third-order valence-corrected chi connectivity index (χ3v) is 4.30. The molecule has 0 amide bonds. The molecule has 0 aromatic carbocycles. The molecule has 0 heterocycles. The fourth-order valence-corrected chi connectivity index (χ4v) is 3.12. The van der Waals surface area contributed by atoms with Crippen LogP contribution in [0.2, 0.25) is 0 Å². The zero-order chi connectivity index (χ0) is 16.4. The van der Waals surface area contributed by atoms with Crippen LogP contribution in [-0.4, -0.2) is 23.6 Å². The topological polar surface area (TPSA) is 52.6 Å². The molecule has 0 saturated heterocycles. The molecule has 2 aliphatic carbocycles. The lowest BCUT2D eigenvalue weighted by atomic mass is 9.89. The summed E-state index contributed by atoms with van der Waals surface area (Å²) in [5.41, 5.74) is -0.483. The van der Waals surface area contributed by atoms with Crippen molar-refractivity contribution < 1.29 is 19.1 Å². The molecule has 22 heavy (non-hydrogen) atoms. The fourth-order valence-electron chi connectivity index (χ4n) is 2.93. The lowest BCUT2D eigenvalue weighted by Gasteiger charge is -2.18. The maximum Gasteiger partial charge on any atom is 0.310 e. The Hall–Kier alpha value is -0.480. The molecule has 0 aliphatic heterocycles. The number of hydrogen-bond acceptors (Lipinski definition) is 4. The normalized spacial score (nSPS) is 20.7. The van der Waals surface area contributed by atoms with Crippen molar-refractivity contribution in [2.24, 2.45) is 11.8 Å². The number of hydrogen-bond donors (Lipinski definition) is 0. The number of halogens is 2. The van der Waals surface area contributed by atoms with E-state index in [1.54, 1.807) is 6.92 Å². The van der Waals surface area contributed by atoms with Gasteiger partial charge in [0.1, 0.15) is 0 Å². The molecular formula is C16H26Cl2O4. The number of carbonyl (C=O) groups is 2. The van der Waals surface area contributed by atoms with Gasteiger partial charge in [0.2, 0.25) is 0 Å². The van der Waals surface area contributed by atoms with Crippen molar-refractivity contribution in [2.75, 3.05) is 6.07 Å². The van der Waals surface area contributed by atoms with Crippen LogP contribution in [0.4, 0.5) is 0 Å². The van der Waals surface area contributed by atoms with E-state index < -0.39 is 5.56 Å². The predicted octanol–water partition coefficient (Wildman–Crippen LogP) is 4.61. The Morgan fingerprint density at radius 2 is 1.41 bits per heavy atom. The van der Waals surface area contributed by atoms with E-state index >= 15 is 0 Å². The van der Waals surface area contributed by atoms with E-state index in [0.717, 1.165) is 51.4 Å². The van der Waals surface area contributed by atoms with E-state index in [9.17, 15) is 9.59 Å². The van der Waals surface area contributed by atoms with Crippen LogP contribution in [0.1, 0.15) is 64.7 Å². The van der Waals surface area contributed by atoms with Gasteiger partial charge in [-0.2, -0.15) is 0 Å². The molecule has 0 N–H and O–H groups in total. The monoisotopic (exact) mass is 352 g/mol. The molecule has 2 saturated carbocycles. The van der Waals surface area contributed by atoms with Crippen LogP contribution in [0.5, 0.6) is 0 Å². The molecule has 4 nitrogen and oxygen atoms in total. The second-order valence-electron chi connectivity index (χ2n) is 5.87. The zero-order valence-corrected chi connectivity index (χ0v) is 14.7. The highest BCUT2D eigenvalue weighted by Crippen LogP contribution is 2.26. The predicted molar refractivity (Wildman–Crippen MR) is 86.8 cm³/mol. The van der Waals surface area contributed by atoms with Crippen molar-refractivity contribution in [3.8, 4) is 0 Å². The maximum absolute atomic E-state index is 11.1. The van der Waals surface area contributed by atoms with Gasteiger partial charge in [-0.3, -0.25) is 9.59 Å². The Morgan fingerprint density at radius 3 is 1.86 bits per heavy atom. The molecule has 2 aliphatic rings. The summed E-state index contributed by atoms with van der Waals surface area (Å²) >= 11 is 10.8. The summed E-state index contributed by atoms with van der Waals surface area (Å²) in [7, 11) is 0. The number of ether oxygens (including phenoxy) is 2. The molecule has 0 aromatic rings. The van der Waals surface area contributed by atoms with Crippen LogP contribution in [0.3, 0.4) is 0 Å². The lowest BCUT2D eigenvalue weighted by molar-refractivity contribution is -0.149. The molecule has 128 valence electrons. The highest BCUT2D eigenvalue weighted by molar-refractivity contribution is 6.20. The van der Waals surface area contributed by atoms with Crippen molar-refractivity contribution in [2.45, 2.75) is 70.3 Å². The van der Waals surface area contributed by atoms with Gasteiger partial charge in [-0.25, -0.2) is 0 Å². The van der Waals surface area contributed by atoms with Gasteiger partial charge in [-0.1, -0.05) is 55.3 Å². The van der Waals surface area contributed by atoms with Crippen molar-refractivity contribution >= 4 is 35.1 Å². The van der Waals surface area contributed by atoms with Gasteiger partial charge < -0.3 is 9.47 Å². The van der Waals surface area contributed by atoms with Crippen LogP contribution in [0.25, 0.3) is 0 Å². The summed E-state index contributed by atoms with van der Waals surface area (Å²) in [6.45, 7) is 1.66. The molecule has 1 unspecified atom stereocenters. The summed E-state index contributed by atoms with van der Waals surface area (Å²) in [5.74, 6) is 0.0170. The van der Waals surface area contributed by atoms with Crippen LogP contribution < -0.4 is 0 Å². The minimum atomic E-state index is -0.483. The van der Waals surface area contributed by atoms with Crippen LogP contribution in [-0.2, 0) is 19.1 Å². The SMILES string of the molecule is CC(Cl)OC(=O)C1CCCC1.O=C(OCCl)C1CCCCC1. The molecule has 0 radical (unpaired) electrons. The minimum absolute atomic E-state index is 0.00463. The molecule has 1 atom stereocenters. The van der Waals surface area contributed by atoms with Crippen LogP contribution in [0, 0.1) is 11.8 Å². The molecule has 0 spiro atoms. The standard InChI is InChI=1S/2C8H13ClO2/c1-6(9)11-8(10)7-4-2-3-5-7;9-6-11-8(10)7-4-2-1-3-5-7/h6-7H,2-5H2,1H3;7H,1-6H2. The van der Waals surface area contributed by atoms with E-state index in [2.05, 4.69) is 0 Å². The first-order valence-electron chi connectivity index (χ1n) is 8.11. The smallest absolute Gasteiger partial charge is 0.310 e. The Kier molecular flexibility index (Phi) is 9.89. The second-order valence-corrected chi connectivity index (χ2v) is 6.70. The second kappa shape index (κ2) is 11.1. The zero-order valence-electron chi connectivity index (χ0n) is 13.2. The number of carbonyl (C=O) groups excluding carboxylic acids is 2. The molecule has 2 rings (SSSR count). The summed E-state index contributed by atoms with van der Waals surface area (Å²) in [5, 5.41) is 0. The first-order chi connectivity index (χ1) is 10.5. The summed E-state index contributed by atoms with van der Waals surface area (Å²) in [6.07, 6.45) is 9.78. The molecular weight excluding hydrogens is 327 g/mol. The van der Waals surface area contributed by atoms with E-state index in [-0.39, 0.29) is 29.8 Å². The molecule has 0 aromatic heterocycles. The largest absolute Gasteiger partial charge is 0.449 e. The molecule has 2 fully saturated rings. The summed E-state index contributed by atoms with van der Waals surface area (Å²) in [4.78, 5) is 22.2. The lowest BCUT2D eigenvalue weighted by Crippen LogP contribution is -2.19. The van der Waals surface area contributed by atoms with Crippen LogP contribution in [0.15, 0.2) is 0 Å². The molecule has 0 bridgehead atoms. The van der Waals surface area contributed by atoms with Gasteiger partial charge in [0, 0.05) is 0 Å². The van der Waals surface area contributed by atoms with Gasteiger partial charge in [-0.15, -0.1) is 0 Å². The Bertz CT molecular complexity index is 335. The highest BCUT2D eigenvalue weighted by Gasteiger charge is 2.24. The Morgan fingerprint density at radius 1 is 0.955 bits per heavy atom. The summed E-state index contributed by atoms with van der Waals surface area (Å²) in [6, 6.07) is -0.00463. The Balaban J connectivity index is 0.000000220. The summed E-state index contributed by atoms with van der Waals surface area (Å²) < 4.78 is 9.57. The molecule has 6 heteroatoms. The third kappa shape index (κ3) is 7.68. The number of esters is 2. The fraction of sp³-hybridized carbons (Fsp3) is 0.875. The van der Waals surface area contributed by atoms with Crippen molar-refractivity contribution in [3.05, 3.63) is 0 Å². The first kappa shape index (κ1) is 19.6. The maximum atomic E-state index is 11.1. The third-order valence-electron chi connectivity index (χ3n) is 4.10. The quantitative estimate of drug-likeness (QED) is 0.547. The van der Waals surface area contributed by atoms with E-state index in [1.165, 1.54) is 6.42 Å². The number of rotatable bonds is 4. The van der Waals surface area contributed by atoms with Gasteiger partial charge >= 0.3 is 11.9 Å². The van der Waals surface area contributed by atoms with Gasteiger partial charge in [-0.05, 0) is 32.6 Å². The minimum Gasteiger partial charge on any atom is -0.449 e. The van der Waals surface area contributed by atoms with Gasteiger partial charge in [0.25, 0.3) is 0 Å². The Labute approximate surface area is 142 Å². The van der Waals surface area contributed by atoms with Gasteiger partial charge in [0.15, 0.2) is 11.6 Å². The van der Waals surface area contributed by atoms with Crippen LogP contribution >= 0.6 is 23.2 Å². The van der Waals surface area contributed by atoms with E-state index in [4.69, 9.17) is 32.7 Å². The highest BCUT2D eigenvalue weighted by atomic mass is 35.5. The van der Waals surface area contributed by atoms with Crippen molar-refractivity contribution in [3.63, 3.8) is 0 Å². The first-order valence-corrected chi connectivity index (χ1v) is 9.09. The number of alkyl halides is 2.